The van der Waals surface area contributed by atoms with Gasteiger partial charge in [0, 0.05) is 18.9 Å². The van der Waals surface area contributed by atoms with E-state index >= 15 is 0 Å². The molecule has 190 valence electrons. The van der Waals surface area contributed by atoms with Crippen LogP contribution in [0.3, 0.4) is 0 Å². The van der Waals surface area contributed by atoms with Crippen molar-refractivity contribution >= 4 is 17.5 Å². The fourth-order valence-electron chi connectivity index (χ4n) is 4.15. The minimum absolute atomic E-state index is 0.0271. The van der Waals surface area contributed by atoms with E-state index in [1.807, 2.05) is 33.9 Å². The molecule has 33 heavy (non-hydrogen) atoms. The van der Waals surface area contributed by atoms with Gasteiger partial charge in [-0.1, -0.05) is 52.5 Å². The molecule has 1 saturated heterocycles. The minimum atomic E-state index is -0.563. The fraction of sp³-hybridized carbons (Fsp3) is 0.808. The van der Waals surface area contributed by atoms with Crippen LogP contribution in [-0.2, 0) is 14.3 Å². The first-order valence-electron chi connectivity index (χ1n) is 12.9. The number of likely N-dealkylation sites (N-methyl/N-ethyl adjacent to an activating group) is 1. The standard InChI is InChI=1S/C26H48N4O3/c1-6-9-12-19-33-20-30(18-13-15-22(27)14-7-2)26(32)24(21(4)8-3)28-25(31)23-16-10-11-17-29(23)5/h7,14,21,23-24,27H,6,8-13,15-20H2,1-5H3,(H,28,31)/b14-7+,27-22?. The summed E-state index contributed by atoms with van der Waals surface area (Å²) in [6.07, 6.45) is 11.9. The number of hydrogen-bond acceptors (Lipinski definition) is 5. The van der Waals surface area contributed by atoms with Crippen LogP contribution in [0.4, 0.5) is 0 Å². The van der Waals surface area contributed by atoms with E-state index in [1.54, 1.807) is 11.0 Å². The number of unbranched alkanes of at least 4 members (excludes halogenated alkanes) is 2. The van der Waals surface area contributed by atoms with Crippen LogP contribution >= 0.6 is 0 Å². The van der Waals surface area contributed by atoms with Crippen LogP contribution in [0.25, 0.3) is 0 Å². The van der Waals surface area contributed by atoms with Crippen LogP contribution in [0, 0.1) is 11.3 Å². The van der Waals surface area contributed by atoms with Gasteiger partial charge in [0.15, 0.2) is 0 Å². The molecule has 0 saturated carbocycles. The zero-order chi connectivity index (χ0) is 24.6. The average Bonchev–Trinajstić information content (AvgIpc) is 2.80. The predicted octanol–water partition coefficient (Wildman–Crippen LogP) is 4.37. The van der Waals surface area contributed by atoms with Crippen LogP contribution in [0.5, 0.6) is 0 Å². The molecule has 0 bridgehead atoms. The normalized spacial score (nSPS) is 18.8. The number of nitrogens with zero attached hydrogens (tertiary/aromatic N) is 2. The molecular weight excluding hydrogens is 416 g/mol. The monoisotopic (exact) mass is 464 g/mol. The first kappa shape index (κ1) is 29.3. The van der Waals surface area contributed by atoms with Gasteiger partial charge >= 0.3 is 0 Å². The summed E-state index contributed by atoms with van der Waals surface area (Å²) >= 11 is 0. The lowest BCUT2D eigenvalue weighted by Crippen LogP contribution is -2.57. The van der Waals surface area contributed by atoms with Crippen LogP contribution in [-0.4, -0.2) is 72.9 Å². The maximum Gasteiger partial charge on any atom is 0.247 e. The molecule has 0 aliphatic carbocycles. The van der Waals surface area contributed by atoms with Gasteiger partial charge in [-0.15, -0.1) is 0 Å². The lowest BCUT2D eigenvalue weighted by molar-refractivity contribution is -0.144. The Kier molecular flexibility index (Phi) is 14.9. The lowest BCUT2D eigenvalue weighted by Gasteiger charge is -2.35. The largest absolute Gasteiger partial charge is 0.361 e. The number of carbonyl (C=O) groups excluding carboxylic acids is 2. The van der Waals surface area contributed by atoms with Gasteiger partial charge in [0.1, 0.15) is 12.8 Å². The Morgan fingerprint density at radius 1 is 1.24 bits per heavy atom. The maximum absolute atomic E-state index is 13.6. The number of ether oxygens (including phenoxy) is 1. The highest BCUT2D eigenvalue weighted by atomic mass is 16.5. The number of amides is 2. The van der Waals surface area contributed by atoms with Crippen molar-refractivity contribution in [2.24, 2.45) is 5.92 Å². The number of allylic oxidation sites excluding steroid dienone is 2. The molecule has 0 radical (unpaired) electrons. The van der Waals surface area contributed by atoms with Crippen molar-refractivity contribution in [3.05, 3.63) is 12.2 Å². The van der Waals surface area contributed by atoms with Crippen molar-refractivity contribution in [2.45, 2.75) is 97.6 Å². The fourth-order valence-corrected chi connectivity index (χ4v) is 4.15. The highest BCUT2D eigenvalue weighted by molar-refractivity contribution is 5.92. The van der Waals surface area contributed by atoms with Crippen molar-refractivity contribution in [3.8, 4) is 0 Å². The third-order valence-electron chi connectivity index (χ3n) is 6.54. The molecule has 2 amide bonds. The van der Waals surface area contributed by atoms with Crippen LogP contribution < -0.4 is 5.32 Å². The van der Waals surface area contributed by atoms with Gasteiger partial charge in [0.2, 0.25) is 11.8 Å². The third-order valence-corrected chi connectivity index (χ3v) is 6.54. The van der Waals surface area contributed by atoms with Crippen LogP contribution in [0.2, 0.25) is 0 Å². The summed E-state index contributed by atoms with van der Waals surface area (Å²) in [5, 5.41) is 11.1. The topological polar surface area (TPSA) is 85.7 Å². The third kappa shape index (κ3) is 10.8. The second kappa shape index (κ2) is 16.8. The zero-order valence-corrected chi connectivity index (χ0v) is 21.7. The molecular formula is C26H48N4O3. The van der Waals surface area contributed by atoms with E-state index in [0.29, 0.717) is 31.7 Å². The lowest BCUT2D eigenvalue weighted by atomic mass is 9.96. The summed E-state index contributed by atoms with van der Waals surface area (Å²) < 4.78 is 5.84. The summed E-state index contributed by atoms with van der Waals surface area (Å²) in [7, 11) is 1.99. The summed E-state index contributed by atoms with van der Waals surface area (Å²) in [4.78, 5) is 30.5. The Morgan fingerprint density at radius 3 is 2.64 bits per heavy atom. The molecule has 7 nitrogen and oxygen atoms in total. The second-order valence-electron chi connectivity index (χ2n) is 9.34. The minimum Gasteiger partial charge on any atom is -0.361 e. The van der Waals surface area contributed by atoms with E-state index in [1.165, 1.54) is 0 Å². The molecule has 0 aromatic carbocycles. The molecule has 7 heteroatoms. The average molecular weight is 465 g/mol. The van der Waals surface area contributed by atoms with Gasteiger partial charge in [-0.2, -0.15) is 0 Å². The number of hydrogen-bond donors (Lipinski definition) is 2. The summed E-state index contributed by atoms with van der Waals surface area (Å²) in [5.74, 6) is -0.0991. The van der Waals surface area contributed by atoms with E-state index in [0.717, 1.165) is 51.5 Å². The maximum atomic E-state index is 13.6. The number of likely N-dealkylation sites (tertiary alicyclic amines) is 1. The van der Waals surface area contributed by atoms with Gasteiger partial charge in [-0.25, -0.2) is 0 Å². The quantitative estimate of drug-likeness (QED) is 0.202. The Bertz CT molecular complexity index is 623. The van der Waals surface area contributed by atoms with Gasteiger partial charge in [0.25, 0.3) is 0 Å². The van der Waals surface area contributed by atoms with Gasteiger partial charge in [0.05, 0.1) is 6.04 Å². The number of carbonyl (C=O) groups is 2. The summed E-state index contributed by atoms with van der Waals surface area (Å²) in [6.45, 7) is 10.4. The molecule has 2 N–H and O–H groups in total. The van der Waals surface area contributed by atoms with E-state index < -0.39 is 6.04 Å². The predicted molar refractivity (Wildman–Crippen MR) is 135 cm³/mol. The Balaban J connectivity index is 2.86. The summed E-state index contributed by atoms with van der Waals surface area (Å²) in [5.41, 5.74) is 0.556. The van der Waals surface area contributed by atoms with Crippen molar-refractivity contribution in [1.29, 1.82) is 5.41 Å². The Hall–Kier alpha value is -1.73. The first-order chi connectivity index (χ1) is 15.8. The van der Waals surface area contributed by atoms with Gasteiger partial charge < -0.3 is 20.4 Å². The summed E-state index contributed by atoms with van der Waals surface area (Å²) in [6, 6.07) is -0.731. The smallest absolute Gasteiger partial charge is 0.247 e. The highest BCUT2D eigenvalue weighted by Crippen LogP contribution is 2.18. The molecule has 0 spiro atoms. The first-order valence-corrected chi connectivity index (χ1v) is 12.9. The molecule has 1 heterocycles. The molecule has 1 rings (SSSR count). The highest BCUT2D eigenvalue weighted by Gasteiger charge is 2.33. The number of nitrogens with one attached hydrogen (secondary N) is 2. The molecule has 1 aliphatic rings. The van der Waals surface area contributed by atoms with Crippen LogP contribution in [0.15, 0.2) is 12.2 Å². The number of piperidine rings is 1. The molecule has 3 unspecified atom stereocenters. The zero-order valence-electron chi connectivity index (χ0n) is 21.7. The van der Waals surface area contributed by atoms with E-state index in [2.05, 4.69) is 17.1 Å². The molecule has 3 atom stereocenters. The molecule has 1 fully saturated rings. The van der Waals surface area contributed by atoms with E-state index in [-0.39, 0.29) is 30.5 Å². The Labute approximate surface area is 201 Å². The van der Waals surface area contributed by atoms with Crippen molar-refractivity contribution in [3.63, 3.8) is 0 Å². The van der Waals surface area contributed by atoms with E-state index in [4.69, 9.17) is 10.1 Å². The SMILES string of the molecule is C/C=C/C(=N)CCCN(COCCCCC)C(=O)C(NC(=O)C1CCCCN1C)C(C)CC. The van der Waals surface area contributed by atoms with E-state index in [9.17, 15) is 9.59 Å². The van der Waals surface area contributed by atoms with Crippen molar-refractivity contribution in [2.75, 3.05) is 33.5 Å². The molecule has 1 aliphatic heterocycles. The second-order valence-corrected chi connectivity index (χ2v) is 9.34. The Morgan fingerprint density at radius 2 is 2.00 bits per heavy atom. The van der Waals surface area contributed by atoms with Gasteiger partial charge in [-0.05, 0) is 64.6 Å². The molecule has 0 aromatic heterocycles. The van der Waals surface area contributed by atoms with Crippen molar-refractivity contribution < 1.29 is 14.3 Å². The van der Waals surface area contributed by atoms with Crippen LogP contribution in [0.1, 0.15) is 85.5 Å². The van der Waals surface area contributed by atoms with Crippen molar-refractivity contribution in [1.82, 2.24) is 15.1 Å². The molecule has 0 aromatic rings. The van der Waals surface area contributed by atoms with Gasteiger partial charge in [-0.3, -0.25) is 14.5 Å². The number of rotatable bonds is 16.